The minimum Gasteiger partial charge on any atom is -0.492 e. The second-order valence-electron chi connectivity index (χ2n) is 6.69. The number of nitrogens with one attached hydrogen (secondary N) is 2. The van der Waals surface area contributed by atoms with Gasteiger partial charge in [0.15, 0.2) is 0 Å². The Bertz CT molecular complexity index is 624. The van der Waals surface area contributed by atoms with Crippen LogP contribution < -0.4 is 15.4 Å². The number of halogens is 1. The fraction of sp³-hybridized carbons (Fsp3) is 0.579. The first kappa shape index (κ1) is 20.2. The number of ether oxygens (including phenoxy) is 1. The Hall–Kier alpha value is -2.15. The van der Waals surface area contributed by atoms with Crippen molar-refractivity contribution in [1.82, 2.24) is 10.2 Å². The molecule has 0 saturated carbocycles. The first-order valence-corrected chi connectivity index (χ1v) is 9.23. The van der Waals surface area contributed by atoms with Gasteiger partial charge < -0.3 is 20.3 Å². The van der Waals surface area contributed by atoms with Gasteiger partial charge in [-0.05, 0) is 57.3 Å². The quantitative estimate of drug-likeness (QED) is 0.575. The first-order valence-electron chi connectivity index (χ1n) is 9.23. The molecule has 1 fully saturated rings. The summed E-state index contributed by atoms with van der Waals surface area (Å²) in [5.41, 5.74) is 0.274. The molecule has 1 saturated heterocycles. The lowest BCUT2D eigenvalue weighted by Gasteiger charge is -2.30. The number of piperidine rings is 1. The largest absolute Gasteiger partial charge is 0.492 e. The maximum absolute atomic E-state index is 13.3. The summed E-state index contributed by atoms with van der Waals surface area (Å²) in [6.45, 7) is 7.89. The van der Waals surface area contributed by atoms with Crippen molar-refractivity contribution in [3.8, 4) is 5.75 Å². The average Bonchev–Trinajstić information content (AvgIpc) is 2.61. The van der Waals surface area contributed by atoms with E-state index in [0.717, 1.165) is 32.0 Å². The molecule has 7 heteroatoms. The van der Waals surface area contributed by atoms with Crippen molar-refractivity contribution in [2.75, 3.05) is 38.1 Å². The molecule has 0 radical (unpaired) electrons. The Morgan fingerprint density at radius 3 is 2.88 bits per heavy atom. The van der Waals surface area contributed by atoms with Crippen LogP contribution in [0.4, 0.5) is 10.1 Å². The van der Waals surface area contributed by atoms with Crippen molar-refractivity contribution in [2.24, 2.45) is 5.92 Å². The van der Waals surface area contributed by atoms with E-state index in [0.29, 0.717) is 13.2 Å². The Morgan fingerprint density at radius 2 is 2.15 bits per heavy atom. The molecule has 2 amide bonds. The molecule has 1 atom stereocenters. The maximum Gasteiger partial charge on any atom is 0.313 e. The highest BCUT2D eigenvalue weighted by atomic mass is 19.1. The summed E-state index contributed by atoms with van der Waals surface area (Å²) in [5, 5.41) is 5.09. The molecule has 1 aromatic carbocycles. The zero-order valence-corrected chi connectivity index (χ0v) is 15.5. The predicted octanol–water partition coefficient (Wildman–Crippen LogP) is 2.40. The molecule has 1 aromatic rings. The summed E-state index contributed by atoms with van der Waals surface area (Å²) in [6, 6.07) is 3.76. The van der Waals surface area contributed by atoms with Gasteiger partial charge in [0.1, 0.15) is 11.6 Å². The second kappa shape index (κ2) is 10.1. The van der Waals surface area contributed by atoms with E-state index in [1.807, 2.05) is 0 Å². The Balaban J connectivity index is 1.75. The zero-order chi connectivity index (χ0) is 18.9. The summed E-state index contributed by atoms with van der Waals surface area (Å²) >= 11 is 0. The normalized spacial score (nSPS) is 17.6. The number of nitrogens with zero attached hydrogens (tertiary/aromatic N) is 1. The van der Waals surface area contributed by atoms with E-state index in [9.17, 15) is 14.0 Å². The minimum absolute atomic E-state index is 0.202. The fourth-order valence-corrected chi connectivity index (χ4v) is 3.13. The fourth-order valence-electron chi connectivity index (χ4n) is 3.13. The monoisotopic (exact) mass is 365 g/mol. The summed E-state index contributed by atoms with van der Waals surface area (Å²) in [5.74, 6) is -1.04. The SMILES string of the molecule is CCOc1cc(F)ccc1NC(=O)C(=O)NCCCN1CCCC(C)C1. The molecule has 1 unspecified atom stereocenters. The van der Waals surface area contributed by atoms with Crippen LogP contribution in [-0.4, -0.2) is 49.5 Å². The van der Waals surface area contributed by atoms with Crippen LogP contribution in [0.2, 0.25) is 0 Å². The van der Waals surface area contributed by atoms with Crippen molar-refractivity contribution in [3.05, 3.63) is 24.0 Å². The van der Waals surface area contributed by atoms with E-state index >= 15 is 0 Å². The summed E-state index contributed by atoms with van der Waals surface area (Å²) in [7, 11) is 0. The van der Waals surface area contributed by atoms with E-state index in [1.54, 1.807) is 6.92 Å². The third-order valence-corrected chi connectivity index (χ3v) is 4.38. The van der Waals surface area contributed by atoms with Crippen molar-refractivity contribution >= 4 is 17.5 Å². The molecule has 2 rings (SSSR count). The first-order chi connectivity index (χ1) is 12.5. The lowest BCUT2D eigenvalue weighted by atomic mass is 10.0. The van der Waals surface area contributed by atoms with Gasteiger partial charge in [0, 0.05) is 19.2 Å². The number of anilines is 1. The Morgan fingerprint density at radius 1 is 1.35 bits per heavy atom. The molecule has 1 aliphatic rings. The predicted molar refractivity (Wildman–Crippen MR) is 98.7 cm³/mol. The average molecular weight is 365 g/mol. The van der Waals surface area contributed by atoms with Crippen molar-refractivity contribution in [2.45, 2.75) is 33.1 Å². The molecule has 1 aliphatic heterocycles. The highest BCUT2D eigenvalue weighted by Crippen LogP contribution is 2.25. The van der Waals surface area contributed by atoms with Gasteiger partial charge in [-0.2, -0.15) is 0 Å². The standard InChI is InChI=1S/C19H28FN3O3/c1-3-26-17-12-15(20)7-8-16(17)22-19(25)18(24)21-9-5-11-23-10-4-6-14(2)13-23/h7-8,12,14H,3-6,9-11,13H2,1-2H3,(H,21,24)(H,22,25). The van der Waals surface area contributed by atoms with Crippen molar-refractivity contribution < 1.29 is 18.7 Å². The van der Waals surface area contributed by atoms with Crippen LogP contribution in [0.3, 0.4) is 0 Å². The molecule has 0 bridgehead atoms. The summed E-state index contributed by atoms with van der Waals surface area (Å²) in [4.78, 5) is 26.3. The van der Waals surface area contributed by atoms with Gasteiger partial charge in [0.2, 0.25) is 0 Å². The number of benzene rings is 1. The van der Waals surface area contributed by atoms with E-state index in [-0.39, 0.29) is 11.4 Å². The molecule has 0 spiro atoms. The minimum atomic E-state index is -0.788. The van der Waals surface area contributed by atoms with Gasteiger partial charge in [-0.15, -0.1) is 0 Å². The number of likely N-dealkylation sites (tertiary alicyclic amines) is 1. The molecule has 26 heavy (non-hydrogen) atoms. The Kier molecular flexibility index (Phi) is 7.84. The third-order valence-electron chi connectivity index (χ3n) is 4.38. The van der Waals surface area contributed by atoms with Crippen LogP contribution in [0.1, 0.15) is 33.1 Å². The van der Waals surface area contributed by atoms with Gasteiger partial charge >= 0.3 is 11.8 Å². The van der Waals surface area contributed by atoms with Gasteiger partial charge in [0.25, 0.3) is 0 Å². The number of carbonyl (C=O) groups is 2. The number of hydrogen-bond donors (Lipinski definition) is 2. The summed E-state index contributed by atoms with van der Waals surface area (Å²) < 4.78 is 18.6. The van der Waals surface area contributed by atoms with E-state index in [2.05, 4.69) is 22.5 Å². The second-order valence-corrected chi connectivity index (χ2v) is 6.69. The molecule has 1 heterocycles. The van der Waals surface area contributed by atoms with Crippen LogP contribution in [-0.2, 0) is 9.59 Å². The maximum atomic E-state index is 13.3. The number of carbonyl (C=O) groups excluding carboxylic acids is 2. The van der Waals surface area contributed by atoms with Crippen LogP contribution in [0.5, 0.6) is 5.75 Å². The molecule has 2 N–H and O–H groups in total. The van der Waals surface area contributed by atoms with Crippen LogP contribution in [0.15, 0.2) is 18.2 Å². The third kappa shape index (κ3) is 6.29. The lowest BCUT2D eigenvalue weighted by molar-refractivity contribution is -0.136. The highest BCUT2D eigenvalue weighted by Gasteiger charge is 2.17. The number of amides is 2. The molecule has 0 aliphatic carbocycles. The lowest BCUT2D eigenvalue weighted by Crippen LogP contribution is -2.39. The molecule has 144 valence electrons. The highest BCUT2D eigenvalue weighted by molar-refractivity contribution is 6.39. The molecular weight excluding hydrogens is 337 g/mol. The van der Waals surface area contributed by atoms with E-state index < -0.39 is 17.6 Å². The van der Waals surface area contributed by atoms with Gasteiger partial charge in [0.05, 0.1) is 12.3 Å². The van der Waals surface area contributed by atoms with Gasteiger partial charge in [-0.25, -0.2) is 4.39 Å². The van der Waals surface area contributed by atoms with Gasteiger partial charge in [-0.3, -0.25) is 9.59 Å². The van der Waals surface area contributed by atoms with E-state index in [1.165, 1.54) is 31.0 Å². The van der Waals surface area contributed by atoms with Crippen LogP contribution in [0, 0.1) is 11.7 Å². The zero-order valence-electron chi connectivity index (χ0n) is 15.5. The molecular formula is C19H28FN3O3. The van der Waals surface area contributed by atoms with Crippen LogP contribution in [0.25, 0.3) is 0 Å². The van der Waals surface area contributed by atoms with Gasteiger partial charge in [-0.1, -0.05) is 6.92 Å². The van der Waals surface area contributed by atoms with E-state index in [4.69, 9.17) is 4.74 Å². The van der Waals surface area contributed by atoms with Crippen LogP contribution >= 0.6 is 0 Å². The number of rotatable bonds is 7. The molecule has 0 aromatic heterocycles. The smallest absolute Gasteiger partial charge is 0.313 e. The Labute approximate surface area is 154 Å². The van der Waals surface area contributed by atoms with Crippen molar-refractivity contribution in [1.29, 1.82) is 0 Å². The van der Waals surface area contributed by atoms with Crippen molar-refractivity contribution in [3.63, 3.8) is 0 Å². The topological polar surface area (TPSA) is 70.7 Å². The number of hydrogen-bond acceptors (Lipinski definition) is 4. The molecule has 6 nitrogen and oxygen atoms in total. The summed E-state index contributed by atoms with van der Waals surface area (Å²) in [6.07, 6.45) is 3.29.